The number of aryl methyl sites for hydroxylation is 2. The van der Waals surface area contributed by atoms with E-state index >= 15 is 0 Å². The molecule has 0 fully saturated rings. The van der Waals surface area contributed by atoms with Gasteiger partial charge in [-0.2, -0.15) is 0 Å². The molecule has 0 spiro atoms. The Bertz CT molecular complexity index is 974. The van der Waals surface area contributed by atoms with E-state index in [4.69, 9.17) is 4.98 Å². The van der Waals surface area contributed by atoms with Crippen molar-refractivity contribution in [1.82, 2.24) is 9.55 Å². The van der Waals surface area contributed by atoms with E-state index in [2.05, 4.69) is 96.5 Å². The third-order valence-electron chi connectivity index (χ3n) is 6.87. The van der Waals surface area contributed by atoms with Gasteiger partial charge in [-0.1, -0.05) is 53.7 Å². The maximum absolute atomic E-state index is 4.96. The Morgan fingerprint density at radius 1 is 0.935 bits per heavy atom. The predicted molar refractivity (Wildman–Crippen MR) is 129 cm³/mol. The summed E-state index contributed by atoms with van der Waals surface area (Å²) >= 11 is 0. The van der Waals surface area contributed by atoms with Gasteiger partial charge in [0.25, 0.3) is 0 Å². The summed E-state index contributed by atoms with van der Waals surface area (Å²) in [6.07, 6.45) is 5.41. The number of benzene rings is 2. The first kappa shape index (κ1) is 25.6. The van der Waals surface area contributed by atoms with Crippen LogP contribution in [0, 0.1) is 19.9 Å². The second-order valence-electron chi connectivity index (χ2n) is 9.63. The zero-order chi connectivity index (χ0) is 22.1. The smallest absolute Gasteiger partial charge is 0.0605 e. The fourth-order valence-corrected chi connectivity index (χ4v) is 4.71. The van der Waals surface area contributed by atoms with Crippen molar-refractivity contribution in [2.45, 2.75) is 85.5 Å². The molecule has 2 nitrogen and oxygen atoms in total. The molecular formula is C28H37IrN2-. The van der Waals surface area contributed by atoms with Crippen LogP contribution in [0.25, 0.3) is 17.1 Å². The molecule has 31 heavy (non-hydrogen) atoms. The number of imidazole rings is 1. The van der Waals surface area contributed by atoms with Crippen molar-refractivity contribution >= 4 is 0 Å². The molecule has 0 atom stereocenters. The van der Waals surface area contributed by atoms with Crippen molar-refractivity contribution in [2.24, 2.45) is 0 Å². The summed E-state index contributed by atoms with van der Waals surface area (Å²) in [7, 11) is 0. The Hall–Kier alpha value is -1.70. The fraction of sp³-hybridized carbons (Fsp3) is 0.464. The van der Waals surface area contributed by atoms with Gasteiger partial charge in [0, 0.05) is 43.1 Å². The zero-order valence-corrected chi connectivity index (χ0v) is 22.8. The first-order valence-electron chi connectivity index (χ1n) is 11.4. The standard InChI is InChI=1S/C28H37N2.Ir/c1-9-28(10-2,11-3)24-19-29-26(22-15-13-12-14-16-22)30(24)25-20(4)17-23(18-21(25)5)27(6,7)8;/h12-15,17-19H,9-11H2,1-8H3;/q-1;. The van der Waals surface area contributed by atoms with E-state index < -0.39 is 0 Å². The molecule has 2 aromatic carbocycles. The van der Waals surface area contributed by atoms with Gasteiger partial charge >= 0.3 is 0 Å². The molecule has 0 saturated carbocycles. The van der Waals surface area contributed by atoms with E-state index in [9.17, 15) is 0 Å². The first-order valence-corrected chi connectivity index (χ1v) is 11.4. The van der Waals surface area contributed by atoms with Gasteiger partial charge in [-0.15, -0.1) is 35.9 Å². The monoisotopic (exact) mass is 594 g/mol. The van der Waals surface area contributed by atoms with Crippen molar-refractivity contribution in [3.63, 3.8) is 0 Å². The molecule has 169 valence electrons. The molecule has 0 aliphatic carbocycles. The van der Waals surface area contributed by atoms with Crippen molar-refractivity contribution in [3.8, 4) is 17.1 Å². The molecule has 3 rings (SSSR count). The van der Waals surface area contributed by atoms with Crippen molar-refractivity contribution in [1.29, 1.82) is 0 Å². The molecule has 0 unspecified atom stereocenters. The van der Waals surface area contributed by atoms with Crippen LogP contribution in [0.1, 0.15) is 83.2 Å². The van der Waals surface area contributed by atoms with E-state index in [1.807, 2.05) is 12.1 Å². The molecule has 1 heterocycles. The van der Waals surface area contributed by atoms with Crippen LogP contribution < -0.4 is 0 Å². The quantitative estimate of drug-likeness (QED) is 0.268. The van der Waals surface area contributed by atoms with Gasteiger partial charge in [0.2, 0.25) is 0 Å². The minimum Gasteiger partial charge on any atom is -0.336 e. The SMILES string of the molecule is CCC(CC)(CC)c1cnc(-c2[c-]cccc2)n1-c1c(C)cc(C(C)(C)C)cc1C.[Ir]. The van der Waals surface area contributed by atoms with E-state index in [1.165, 1.54) is 28.1 Å². The molecule has 0 bridgehead atoms. The molecule has 0 saturated heterocycles. The second kappa shape index (κ2) is 9.84. The Morgan fingerprint density at radius 3 is 1.97 bits per heavy atom. The third kappa shape index (κ3) is 4.73. The van der Waals surface area contributed by atoms with Gasteiger partial charge in [0.1, 0.15) is 0 Å². The minimum absolute atomic E-state index is 0. The summed E-state index contributed by atoms with van der Waals surface area (Å²) in [6, 6.07) is 16.3. The third-order valence-corrected chi connectivity index (χ3v) is 6.87. The van der Waals surface area contributed by atoms with Crippen LogP contribution in [-0.2, 0) is 30.9 Å². The van der Waals surface area contributed by atoms with Crippen LogP contribution in [-0.4, -0.2) is 9.55 Å². The molecule has 3 aromatic rings. The molecule has 0 amide bonds. The summed E-state index contributed by atoms with van der Waals surface area (Å²) in [4.78, 5) is 4.96. The van der Waals surface area contributed by atoms with Gasteiger partial charge in [-0.3, -0.25) is 4.98 Å². The summed E-state index contributed by atoms with van der Waals surface area (Å²) in [5.41, 5.74) is 7.84. The number of aromatic nitrogens is 2. The molecule has 3 heteroatoms. The van der Waals surface area contributed by atoms with E-state index in [-0.39, 0.29) is 30.9 Å². The second-order valence-corrected chi connectivity index (χ2v) is 9.63. The largest absolute Gasteiger partial charge is 0.336 e. The Kier molecular flexibility index (Phi) is 8.11. The van der Waals surface area contributed by atoms with Crippen LogP contribution in [0.5, 0.6) is 0 Å². The molecule has 0 aliphatic heterocycles. The predicted octanol–water partition coefficient (Wildman–Crippen LogP) is 7.72. The summed E-state index contributed by atoms with van der Waals surface area (Å²) in [5, 5.41) is 0. The van der Waals surface area contributed by atoms with E-state index in [1.54, 1.807) is 0 Å². The maximum Gasteiger partial charge on any atom is 0.0605 e. The molecule has 1 radical (unpaired) electrons. The van der Waals surface area contributed by atoms with Crippen LogP contribution in [0.2, 0.25) is 0 Å². The number of hydrogen-bond donors (Lipinski definition) is 0. The summed E-state index contributed by atoms with van der Waals surface area (Å²) < 4.78 is 2.43. The van der Waals surface area contributed by atoms with Crippen LogP contribution in [0.4, 0.5) is 0 Å². The average Bonchev–Trinajstić information content (AvgIpc) is 3.14. The summed E-state index contributed by atoms with van der Waals surface area (Å²) in [5.74, 6) is 0.986. The molecule has 1 aromatic heterocycles. The van der Waals surface area contributed by atoms with E-state index in [0.29, 0.717) is 0 Å². The zero-order valence-electron chi connectivity index (χ0n) is 20.4. The van der Waals surface area contributed by atoms with E-state index in [0.717, 1.165) is 30.7 Å². The average molecular weight is 594 g/mol. The molecular weight excluding hydrogens is 557 g/mol. The van der Waals surface area contributed by atoms with Crippen LogP contribution in [0.15, 0.2) is 42.6 Å². The topological polar surface area (TPSA) is 17.8 Å². The minimum atomic E-state index is 0. The Labute approximate surface area is 202 Å². The molecule has 0 N–H and O–H groups in total. The van der Waals surface area contributed by atoms with Crippen molar-refractivity contribution < 1.29 is 20.1 Å². The molecule has 0 aliphatic rings. The van der Waals surface area contributed by atoms with Gasteiger partial charge in [-0.25, -0.2) is 0 Å². The van der Waals surface area contributed by atoms with Gasteiger partial charge < -0.3 is 4.57 Å². The van der Waals surface area contributed by atoms with Crippen molar-refractivity contribution in [3.05, 3.63) is 71.0 Å². The van der Waals surface area contributed by atoms with Crippen molar-refractivity contribution in [2.75, 3.05) is 0 Å². The van der Waals surface area contributed by atoms with Crippen LogP contribution >= 0.6 is 0 Å². The number of rotatable bonds is 6. The fourth-order valence-electron chi connectivity index (χ4n) is 4.71. The van der Waals surface area contributed by atoms with Gasteiger partial charge in [0.05, 0.1) is 5.82 Å². The number of hydrogen-bond acceptors (Lipinski definition) is 1. The number of nitrogens with zero attached hydrogens (tertiary/aromatic N) is 2. The normalized spacial score (nSPS) is 12.0. The summed E-state index contributed by atoms with van der Waals surface area (Å²) in [6.45, 7) is 18.2. The first-order chi connectivity index (χ1) is 14.2. The van der Waals surface area contributed by atoms with Gasteiger partial charge in [0.15, 0.2) is 0 Å². The van der Waals surface area contributed by atoms with Crippen LogP contribution in [0.3, 0.4) is 0 Å². The van der Waals surface area contributed by atoms with Gasteiger partial charge in [-0.05, 0) is 55.2 Å². The maximum atomic E-state index is 4.96. The Balaban J connectivity index is 0.00000341. The Morgan fingerprint density at radius 2 is 1.52 bits per heavy atom.